The van der Waals surface area contributed by atoms with Crippen LogP contribution in [-0.4, -0.2) is 15.8 Å². The third-order valence-corrected chi connectivity index (χ3v) is 4.15. The van der Waals surface area contributed by atoms with E-state index >= 15 is 0 Å². The summed E-state index contributed by atoms with van der Waals surface area (Å²) in [5, 5.41) is 1.68. The van der Waals surface area contributed by atoms with Crippen LogP contribution in [0.2, 0.25) is 10.0 Å². The first-order valence-electron chi connectivity index (χ1n) is 5.69. The molecule has 0 spiro atoms. The summed E-state index contributed by atoms with van der Waals surface area (Å²) in [6, 6.07) is 6.70. The van der Waals surface area contributed by atoms with Crippen molar-refractivity contribution in [3.63, 3.8) is 0 Å². The number of aromatic amines is 1. The van der Waals surface area contributed by atoms with Gasteiger partial charge in [0, 0.05) is 32.8 Å². The molecule has 100 valence electrons. The molecule has 3 aromatic rings. The monoisotopic (exact) mass is 368 g/mol. The zero-order chi connectivity index (χ0) is 14.3. The SMILES string of the molecule is O=C(c1ccc(Cl)cc1Br)c1c[nH]c2nccc(Cl)c12. The number of H-pyrrole nitrogens is 1. The second kappa shape index (κ2) is 5.20. The Bertz CT molecular complexity index is 829. The van der Waals surface area contributed by atoms with Crippen molar-refractivity contribution in [1.29, 1.82) is 0 Å². The first kappa shape index (κ1) is 13.6. The molecule has 0 amide bonds. The number of halogens is 3. The molecule has 2 heterocycles. The summed E-state index contributed by atoms with van der Waals surface area (Å²) in [5.74, 6) is -0.144. The van der Waals surface area contributed by atoms with Crippen LogP contribution < -0.4 is 0 Å². The molecule has 1 N–H and O–H groups in total. The number of fused-ring (bicyclic) bond motifs is 1. The highest BCUT2D eigenvalue weighted by atomic mass is 79.9. The lowest BCUT2D eigenvalue weighted by Gasteiger charge is -2.04. The second-order valence-electron chi connectivity index (χ2n) is 4.17. The zero-order valence-corrected chi connectivity index (χ0v) is 13.1. The van der Waals surface area contributed by atoms with Crippen molar-refractivity contribution in [2.75, 3.05) is 0 Å². The Balaban J connectivity index is 2.18. The molecule has 3 rings (SSSR count). The molecule has 0 aliphatic rings. The van der Waals surface area contributed by atoms with Gasteiger partial charge < -0.3 is 4.98 Å². The Morgan fingerprint density at radius 2 is 2.00 bits per heavy atom. The summed E-state index contributed by atoms with van der Waals surface area (Å²) in [7, 11) is 0. The van der Waals surface area contributed by atoms with E-state index in [0.29, 0.717) is 36.7 Å². The summed E-state index contributed by atoms with van der Waals surface area (Å²) in [6.45, 7) is 0. The number of nitrogens with one attached hydrogen (secondary N) is 1. The topological polar surface area (TPSA) is 45.8 Å². The van der Waals surface area contributed by atoms with Crippen LogP contribution >= 0.6 is 39.1 Å². The van der Waals surface area contributed by atoms with Crippen molar-refractivity contribution in [3.05, 3.63) is 62.3 Å². The number of nitrogens with zero attached hydrogens (tertiary/aromatic N) is 1. The fourth-order valence-corrected chi connectivity index (χ4v) is 3.12. The zero-order valence-electron chi connectivity index (χ0n) is 9.95. The Hall–Kier alpha value is -1.36. The number of rotatable bonds is 2. The normalized spacial score (nSPS) is 10.9. The van der Waals surface area contributed by atoms with Gasteiger partial charge in [0.15, 0.2) is 5.78 Å². The first-order chi connectivity index (χ1) is 9.58. The molecule has 6 heteroatoms. The van der Waals surface area contributed by atoms with Crippen LogP contribution in [0, 0.1) is 0 Å². The summed E-state index contributed by atoms with van der Waals surface area (Å²) in [6.07, 6.45) is 3.21. The van der Waals surface area contributed by atoms with Crippen molar-refractivity contribution in [2.45, 2.75) is 0 Å². The minimum absolute atomic E-state index is 0.144. The second-order valence-corrected chi connectivity index (χ2v) is 5.87. The molecular formula is C14H7BrCl2N2O. The fraction of sp³-hybridized carbons (Fsp3) is 0. The van der Waals surface area contributed by atoms with Gasteiger partial charge in [-0.15, -0.1) is 0 Å². The highest BCUT2D eigenvalue weighted by Gasteiger charge is 2.19. The van der Waals surface area contributed by atoms with Gasteiger partial charge in [-0.05, 0) is 40.2 Å². The van der Waals surface area contributed by atoms with Gasteiger partial charge in [-0.3, -0.25) is 4.79 Å². The number of benzene rings is 1. The third-order valence-electron chi connectivity index (χ3n) is 2.94. The average molecular weight is 370 g/mol. The third kappa shape index (κ3) is 2.24. The molecule has 0 fully saturated rings. The van der Waals surface area contributed by atoms with E-state index in [1.807, 2.05) is 0 Å². The fourth-order valence-electron chi connectivity index (χ4n) is 2.01. The van der Waals surface area contributed by atoms with E-state index in [9.17, 15) is 4.79 Å². The number of carbonyl (C=O) groups excluding carboxylic acids is 1. The maximum absolute atomic E-state index is 12.6. The quantitative estimate of drug-likeness (QED) is 0.655. The van der Waals surface area contributed by atoms with Crippen LogP contribution in [0.1, 0.15) is 15.9 Å². The number of aromatic nitrogens is 2. The van der Waals surface area contributed by atoms with Crippen LogP contribution in [-0.2, 0) is 0 Å². The molecule has 0 unspecified atom stereocenters. The van der Waals surface area contributed by atoms with Gasteiger partial charge in [0.05, 0.1) is 10.6 Å². The van der Waals surface area contributed by atoms with Crippen molar-refractivity contribution >= 4 is 55.9 Å². The lowest BCUT2D eigenvalue weighted by Crippen LogP contribution is -2.01. The molecule has 2 aromatic heterocycles. The summed E-state index contributed by atoms with van der Waals surface area (Å²) >= 11 is 15.4. The number of hydrogen-bond donors (Lipinski definition) is 1. The Morgan fingerprint density at radius 3 is 2.75 bits per heavy atom. The average Bonchev–Trinajstić information content (AvgIpc) is 2.83. The molecule has 1 aromatic carbocycles. The summed E-state index contributed by atoms with van der Waals surface area (Å²) < 4.78 is 0.643. The Labute approximate surface area is 133 Å². The van der Waals surface area contributed by atoms with Gasteiger partial charge >= 0.3 is 0 Å². The number of ketones is 1. The Kier molecular flexibility index (Phi) is 3.54. The van der Waals surface area contributed by atoms with Gasteiger partial charge in [-0.1, -0.05) is 23.2 Å². The van der Waals surface area contributed by atoms with Crippen molar-refractivity contribution in [3.8, 4) is 0 Å². The minimum Gasteiger partial charge on any atom is -0.345 e. The number of hydrogen-bond acceptors (Lipinski definition) is 2. The van der Waals surface area contributed by atoms with Gasteiger partial charge in [-0.2, -0.15) is 0 Å². The predicted molar refractivity (Wildman–Crippen MR) is 83.7 cm³/mol. The first-order valence-corrected chi connectivity index (χ1v) is 7.24. The highest BCUT2D eigenvalue weighted by molar-refractivity contribution is 9.10. The van der Waals surface area contributed by atoms with Crippen LogP contribution in [0.25, 0.3) is 11.0 Å². The standard InChI is InChI=1S/C14H7BrCl2N2O/c15-10-5-7(16)1-2-8(10)13(20)9-6-19-14-12(9)11(17)3-4-18-14/h1-6H,(H,18,19). The molecule has 0 aliphatic carbocycles. The van der Waals surface area contributed by atoms with E-state index in [-0.39, 0.29) is 5.78 Å². The lowest BCUT2D eigenvalue weighted by atomic mass is 10.0. The van der Waals surface area contributed by atoms with Gasteiger partial charge in [0.1, 0.15) is 5.65 Å². The van der Waals surface area contributed by atoms with Gasteiger partial charge in [-0.25, -0.2) is 4.98 Å². The largest absolute Gasteiger partial charge is 0.345 e. The smallest absolute Gasteiger partial charge is 0.196 e. The van der Waals surface area contributed by atoms with E-state index in [2.05, 4.69) is 25.9 Å². The number of carbonyl (C=O) groups is 1. The van der Waals surface area contributed by atoms with Crippen LogP contribution in [0.5, 0.6) is 0 Å². The maximum atomic E-state index is 12.6. The lowest BCUT2D eigenvalue weighted by molar-refractivity contribution is 0.103. The maximum Gasteiger partial charge on any atom is 0.196 e. The van der Waals surface area contributed by atoms with Crippen molar-refractivity contribution in [2.24, 2.45) is 0 Å². The van der Waals surface area contributed by atoms with Crippen molar-refractivity contribution < 1.29 is 4.79 Å². The van der Waals surface area contributed by atoms with E-state index in [1.54, 1.807) is 36.7 Å². The molecule has 0 radical (unpaired) electrons. The van der Waals surface area contributed by atoms with E-state index in [1.165, 1.54) is 0 Å². The molecule has 0 aliphatic heterocycles. The van der Waals surface area contributed by atoms with E-state index in [0.717, 1.165) is 0 Å². The van der Waals surface area contributed by atoms with Crippen LogP contribution in [0.15, 0.2) is 41.1 Å². The molecule has 3 nitrogen and oxygen atoms in total. The van der Waals surface area contributed by atoms with E-state index < -0.39 is 0 Å². The van der Waals surface area contributed by atoms with Gasteiger partial charge in [0.25, 0.3) is 0 Å². The molecular weight excluding hydrogens is 363 g/mol. The Morgan fingerprint density at radius 1 is 1.20 bits per heavy atom. The van der Waals surface area contributed by atoms with Crippen LogP contribution in [0.4, 0.5) is 0 Å². The summed E-state index contributed by atoms with van der Waals surface area (Å²) in [5.41, 5.74) is 1.60. The molecule has 20 heavy (non-hydrogen) atoms. The predicted octanol–water partition coefficient (Wildman–Crippen LogP) is 4.86. The van der Waals surface area contributed by atoms with Gasteiger partial charge in [0.2, 0.25) is 0 Å². The highest BCUT2D eigenvalue weighted by Crippen LogP contribution is 2.29. The minimum atomic E-state index is -0.144. The summed E-state index contributed by atoms with van der Waals surface area (Å²) in [4.78, 5) is 19.7. The molecule has 0 saturated carbocycles. The molecule has 0 saturated heterocycles. The molecule has 0 bridgehead atoms. The van der Waals surface area contributed by atoms with Crippen molar-refractivity contribution in [1.82, 2.24) is 9.97 Å². The molecule has 0 atom stereocenters. The number of pyridine rings is 1. The van der Waals surface area contributed by atoms with Crippen LogP contribution in [0.3, 0.4) is 0 Å². The van der Waals surface area contributed by atoms with E-state index in [4.69, 9.17) is 23.2 Å².